The van der Waals surface area contributed by atoms with Crippen molar-refractivity contribution in [2.24, 2.45) is 5.92 Å². The van der Waals surface area contributed by atoms with Crippen molar-refractivity contribution in [1.29, 1.82) is 0 Å². The Morgan fingerprint density at radius 2 is 2.04 bits per heavy atom. The number of carbonyl (C=O) groups is 1. The Morgan fingerprint density at radius 1 is 1.30 bits per heavy atom. The van der Waals surface area contributed by atoms with Crippen LogP contribution in [0.3, 0.4) is 0 Å². The monoisotopic (exact) mass is 334 g/mol. The number of fused-ring (bicyclic) bond motifs is 1. The second-order valence-corrected chi connectivity index (χ2v) is 8.80. The van der Waals surface area contributed by atoms with Crippen molar-refractivity contribution in [3.8, 4) is 0 Å². The maximum Gasteiger partial charge on any atom is 0.256 e. The van der Waals surface area contributed by atoms with E-state index < -0.39 is 9.84 Å². The average Bonchev–Trinajstić information content (AvgIpc) is 2.68. The molecule has 0 saturated carbocycles. The van der Waals surface area contributed by atoms with Crippen molar-refractivity contribution in [2.75, 3.05) is 24.6 Å². The molecule has 1 N–H and O–H groups in total. The molecule has 3 rings (SSSR count). The molecule has 124 valence electrons. The zero-order valence-corrected chi connectivity index (χ0v) is 14.5. The van der Waals surface area contributed by atoms with Gasteiger partial charge in [0.05, 0.1) is 22.6 Å². The van der Waals surface area contributed by atoms with Gasteiger partial charge < -0.3 is 9.88 Å². The molecule has 0 bridgehead atoms. The highest BCUT2D eigenvalue weighted by atomic mass is 32.2. The lowest BCUT2D eigenvalue weighted by Crippen LogP contribution is -2.35. The zero-order valence-electron chi connectivity index (χ0n) is 13.7. The summed E-state index contributed by atoms with van der Waals surface area (Å²) < 4.78 is 23.8. The van der Waals surface area contributed by atoms with Crippen LogP contribution in [0.4, 0.5) is 0 Å². The van der Waals surface area contributed by atoms with Gasteiger partial charge in [0, 0.05) is 24.2 Å². The molecule has 1 aliphatic rings. The van der Waals surface area contributed by atoms with Crippen molar-refractivity contribution < 1.29 is 13.2 Å². The number of rotatable bonds is 1. The van der Waals surface area contributed by atoms with Gasteiger partial charge in [0.25, 0.3) is 5.91 Å². The van der Waals surface area contributed by atoms with Gasteiger partial charge in [-0.3, -0.25) is 4.79 Å². The number of sulfone groups is 1. The number of para-hydroxylation sites is 1. The second-order valence-electron chi connectivity index (χ2n) is 6.57. The van der Waals surface area contributed by atoms with Crippen LogP contribution in [-0.4, -0.2) is 48.8 Å². The van der Waals surface area contributed by atoms with Gasteiger partial charge in [0.2, 0.25) is 0 Å². The van der Waals surface area contributed by atoms with E-state index in [1.54, 1.807) is 4.90 Å². The molecule has 1 atom stereocenters. The second kappa shape index (κ2) is 5.67. The van der Waals surface area contributed by atoms with Gasteiger partial charge in [-0.15, -0.1) is 0 Å². The van der Waals surface area contributed by atoms with Crippen molar-refractivity contribution in [3.05, 3.63) is 35.0 Å². The number of hydrogen-bond acceptors (Lipinski definition) is 3. The Bertz CT molecular complexity index is 867. The summed E-state index contributed by atoms with van der Waals surface area (Å²) in [6.45, 7) is 6.65. The summed E-state index contributed by atoms with van der Waals surface area (Å²) in [4.78, 5) is 17.9. The summed E-state index contributed by atoms with van der Waals surface area (Å²) in [7, 11) is -3.06. The Hall–Kier alpha value is -1.82. The number of aryl methyl sites for hydroxylation is 2. The highest BCUT2D eigenvalue weighted by Crippen LogP contribution is 2.25. The summed E-state index contributed by atoms with van der Waals surface area (Å²) in [5.41, 5.74) is 3.64. The summed E-state index contributed by atoms with van der Waals surface area (Å²) in [6, 6.07) is 5.69. The summed E-state index contributed by atoms with van der Waals surface area (Å²) in [5.74, 6) is 0.0577. The topological polar surface area (TPSA) is 70.2 Å². The highest BCUT2D eigenvalue weighted by Gasteiger charge is 2.28. The lowest BCUT2D eigenvalue weighted by molar-refractivity contribution is 0.0753. The minimum Gasteiger partial charge on any atom is -0.358 e. The van der Waals surface area contributed by atoms with Crippen LogP contribution in [0.25, 0.3) is 10.9 Å². The maximum absolute atomic E-state index is 13.0. The summed E-state index contributed by atoms with van der Waals surface area (Å²) in [5, 5.41) is 1.05. The van der Waals surface area contributed by atoms with Crippen molar-refractivity contribution in [3.63, 3.8) is 0 Å². The lowest BCUT2D eigenvalue weighted by Gasteiger charge is -2.22. The molecule has 1 fully saturated rings. The van der Waals surface area contributed by atoms with Gasteiger partial charge in [0.1, 0.15) is 0 Å². The van der Waals surface area contributed by atoms with Crippen molar-refractivity contribution in [1.82, 2.24) is 9.88 Å². The number of carbonyl (C=O) groups excluding carboxylic acids is 1. The highest BCUT2D eigenvalue weighted by molar-refractivity contribution is 7.91. The molecular formula is C17H22N2O3S. The van der Waals surface area contributed by atoms with Crippen molar-refractivity contribution >= 4 is 26.6 Å². The van der Waals surface area contributed by atoms with Crippen molar-refractivity contribution in [2.45, 2.75) is 20.8 Å². The molecular weight excluding hydrogens is 312 g/mol. The van der Waals surface area contributed by atoms with Crippen LogP contribution in [0, 0.1) is 19.8 Å². The third-order valence-corrected chi connectivity index (χ3v) is 6.49. The number of H-pyrrole nitrogens is 1. The van der Waals surface area contributed by atoms with Crippen LogP contribution >= 0.6 is 0 Å². The standard InChI is InChI=1S/C17H22N2O3S/c1-11-9-19(7-8-23(21,22)10-11)17(20)15-6-4-5-14-12(2)13(3)18-16(14)15/h4-6,11,18H,7-10H2,1-3H3. The Balaban J connectivity index is 1.99. The normalized spacial score (nSPS) is 21.3. The number of amides is 1. The quantitative estimate of drug-likeness (QED) is 0.870. The van der Waals surface area contributed by atoms with Crippen LogP contribution in [0.2, 0.25) is 0 Å². The fraction of sp³-hybridized carbons (Fsp3) is 0.471. The number of aromatic amines is 1. The van der Waals surface area contributed by atoms with E-state index in [4.69, 9.17) is 0 Å². The van der Waals surface area contributed by atoms with Crippen LogP contribution in [-0.2, 0) is 9.84 Å². The molecule has 1 saturated heterocycles. The number of nitrogens with zero attached hydrogens (tertiary/aromatic N) is 1. The zero-order chi connectivity index (χ0) is 16.8. The Kier molecular flexibility index (Phi) is 3.96. The first-order valence-electron chi connectivity index (χ1n) is 7.86. The third-order valence-electron chi connectivity index (χ3n) is 4.60. The minimum atomic E-state index is -3.06. The third kappa shape index (κ3) is 3.00. The molecule has 6 heteroatoms. The van der Waals surface area contributed by atoms with Crippen LogP contribution < -0.4 is 0 Å². The molecule has 0 aliphatic carbocycles. The first kappa shape index (κ1) is 16.1. The summed E-state index contributed by atoms with van der Waals surface area (Å²) in [6.07, 6.45) is 0. The van der Waals surface area contributed by atoms with Gasteiger partial charge in [-0.1, -0.05) is 19.1 Å². The molecule has 1 aliphatic heterocycles. The van der Waals surface area contributed by atoms with Gasteiger partial charge >= 0.3 is 0 Å². The number of aromatic nitrogens is 1. The lowest BCUT2D eigenvalue weighted by atomic mass is 10.1. The fourth-order valence-corrected chi connectivity index (χ4v) is 4.94. The Morgan fingerprint density at radius 3 is 2.78 bits per heavy atom. The van der Waals surface area contributed by atoms with Crippen LogP contribution in [0.5, 0.6) is 0 Å². The molecule has 1 aromatic heterocycles. The molecule has 5 nitrogen and oxygen atoms in total. The minimum absolute atomic E-state index is 0.0435. The summed E-state index contributed by atoms with van der Waals surface area (Å²) >= 11 is 0. The van der Waals surface area contributed by atoms with Crippen LogP contribution in [0.1, 0.15) is 28.5 Å². The van der Waals surface area contributed by atoms with E-state index in [1.165, 1.54) is 0 Å². The molecule has 1 aromatic carbocycles. The van der Waals surface area contributed by atoms with E-state index in [0.717, 1.165) is 22.2 Å². The fourth-order valence-electron chi connectivity index (χ4n) is 3.30. The number of hydrogen-bond donors (Lipinski definition) is 1. The molecule has 1 amide bonds. The smallest absolute Gasteiger partial charge is 0.256 e. The van der Waals surface area contributed by atoms with Crippen LogP contribution in [0.15, 0.2) is 18.2 Å². The molecule has 23 heavy (non-hydrogen) atoms. The molecule has 2 aromatic rings. The molecule has 0 radical (unpaired) electrons. The van der Waals surface area contributed by atoms with Gasteiger partial charge in [0.15, 0.2) is 9.84 Å². The van der Waals surface area contributed by atoms with E-state index in [0.29, 0.717) is 12.1 Å². The van der Waals surface area contributed by atoms with Gasteiger partial charge in [-0.05, 0) is 31.4 Å². The Labute approximate surface area is 136 Å². The number of nitrogens with one attached hydrogen (secondary N) is 1. The predicted molar refractivity (Wildman–Crippen MR) is 91.5 cm³/mol. The predicted octanol–water partition coefficient (Wildman–Crippen LogP) is 2.29. The van der Waals surface area contributed by atoms with E-state index in [1.807, 2.05) is 39.0 Å². The molecule has 2 heterocycles. The van der Waals surface area contributed by atoms with E-state index in [9.17, 15) is 13.2 Å². The van der Waals surface area contributed by atoms with Gasteiger partial charge in [-0.25, -0.2) is 8.42 Å². The molecule has 1 unspecified atom stereocenters. The maximum atomic E-state index is 13.0. The van der Waals surface area contributed by atoms with E-state index in [2.05, 4.69) is 4.98 Å². The largest absolute Gasteiger partial charge is 0.358 e. The number of benzene rings is 1. The SMILES string of the molecule is Cc1[nH]c2c(C(=O)N3CCS(=O)(=O)CC(C)C3)cccc2c1C. The average molecular weight is 334 g/mol. The molecule has 0 spiro atoms. The first-order valence-corrected chi connectivity index (χ1v) is 9.68. The van der Waals surface area contributed by atoms with Gasteiger partial charge in [-0.2, -0.15) is 0 Å². The van der Waals surface area contributed by atoms with E-state index in [-0.39, 0.29) is 29.9 Å². The first-order chi connectivity index (χ1) is 10.8. The van der Waals surface area contributed by atoms with E-state index >= 15 is 0 Å².